The average molecular weight is 371 g/mol. The maximum atomic E-state index is 13.2. The lowest BCUT2D eigenvalue weighted by atomic mass is 10.3. The highest BCUT2D eigenvalue weighted by atomic mass is 35.5. The molecular formula is C17H14ClF3N2O2. The second-order valence-corrected chi connectivity index (χ2v) is 5.89. The topological polar surface area (TPSA) is 47.3 Å². The van der Waals surface area contributed by atoms with Crippen molar-refractivity contribution in [2.75, 3.05) is 6.61 Å². The number of para-hydroxylation sites is 2. The van der Waals surface area contributed by atoms with Gasteiger partial charge < -0.3 is 14.4 Å². The minimum atomic E-state index is -4.62. The molecule has 3 rings (SSSR count). The van der Waals surface area contributed by atoms with E-state index in [0.29, 0.717) is 16.3 Å². The zero-order valence-electron chi connectivity index (χ0n) is 12.9. The minimum Gasteiger partial charge on any atom is -0.491 e. The van der Waals surface area contributed by atoms with E-state index in [2.05, 4.69) is 4.98 Å². The van der Waals surface area contributed by atoms with E-state index in [0.717, 1.165) is 4.57 Å². The van der Waals surface area contributed by atoms with Crippen LogP contribution < -0.4 is 4.74 Å². The molecule has 0 radical (unpaired) electrons. The highest BCUT2D eigenvalue weighted by Gasteiger charge is 2.37. The molecule has 1 heterocycles. The summed E-state index contributed by atoms with van der Waals surface area (Å²) in [4.78, 5) is 3.64. The van der Waals surface area contributed by atoms with Crippen molar-refractivity contribution in [3.05, 3.63) is 59.4 Å². The van der Waals surface area contributed by atoms with E-state index in [9.17, 15) is 18.3 Å². The number of halogens is 4. The Morgan fingerprint density at radius 1 is 1.12 bits per heavy atom. The van der Waals surface area contributed by atoms with Gasteiger partial charge in [-0.3, -0.25) is 0 Å². The number of rotatable bonds is 5. The van der Waals surface area contributed by atoms with Crippen molar-refractivity contribution in [2.24, 2.45) is 0 Å². The summed E-state index contributed by atoms with van der Waals surface area (Å²) in [5, 5.41) is 10.7. The summed E-state index contributed by atoms with van der Waals surface area (Å²) in [5.41, 5.74) is 0.529. The molecule has 25 heavy (non-hydrogen) atoms. The molecule has 3 aromatic rings. The number of hydrogen-bond donors (Lipinski definition) is 1. The summed E-state index contributed by atoms with van der Waals surface area (Å²) in [6, 6.07) is 12.7. The number of nitrogens with zero attached hydrogens (tertiary/aromatic N) is 2. The zero-order valence-corrected chi connectivity index (χ0v) is 13.6. The molecule has 0 aliphatic carbocycles. The Morgan fingerprint density at radius 3 is 2.48 bits per heavy atom. The number of aliphatic hydroxyl groups excluding tert-OH is 1. The summed E-state index contributed by atoms with van der Waals surface area (Å²) in [6.07, 6.45) is -5.76. The Balaban J connectivity index is 1.78. The molecule has 0 aliphatic rings. The van der Waals surface area contributed by atoms with Crippen LogP contribution >= 0.6 is 11.6 Å². The summed E-state index contributed by atoms with van der Waals surface area (Å²) in [5.74, 6) is -0.575. The molecule has 132 valence electrons. The van der Waals surface area contributed by atoms with Crippen molar-refractivity contribution in [3.8, 4) is 5.75 Å². The van der Waals surface area contributed by atoms with Crippen molar-refractivity contribution < 1.29 is 23.0 Å². The van der Waals surface area contributed by atoms with Crippen LogP contribution in [-0.4, -0.2) is 27.4 Å². The number of imidazole rings is 1. The fourth-order valence-electron chi connectivity index (χ4n) is 2.46. The molecule has 1 atom stereocenters. The van der Waals surface area contributed by atoms with Gasteiger partial charge in [-0.15, -0.1) is 0 Å². The van der Waals surface area contributed by atoms with Gasteiger partial charge in [0.15, 0.2) is 0 Å². The van der Waals surface area contributed by atoms with Crippen LogP contribution in [0.2, 0.25) is 5.02 Å². The summed E-state index contributed by atoms with van der Waals surface area (Å²) < 4.78 is 46.0. The van der Waals surface area contributed by atoms with E-state index in [-0.39, 0.29) is 18.7 Å². The van der Waals surface area contributed by atoms with Crippen LogP contribution in [0.25, 0.3) is 11.0 Å². The van der Waals surface area contributed by atoms with Crippen molar-refractivity contribution in [3.63, 3.8) is 0 Å². The second kappa shape index (κ2) is 6.93. The van der Waals surface area contributed by atoms with Gasteiger partial charge in [0.2, 0.25) is 5.82 Å². The molecule has 4 nitrogen and oxygen atoms in total. The van der Waals surface area contributed by atoms with Gasteiger partial charge in [0.05, 0.1) is 17.6 Å². The first kappa shape index (κ1) is 17.6. The molecular weight excluding hydrogens is 357 g/mol. The number of benzene rings is 2. The van der Waals surface area contributed by atoms with Gasteiger partial charge in [-0.2, -0.15) is 13.2 Å². The third-order valence-corrected chi connectivity index (χ3v) is 3.81. The molecule has 0 spiro atoms. The summed E-state index contributed by atoms with van der Waals surface area (Å²) in [6.45, 7) is -0.450. The van der Waals surface area contributed by atoms with E-state index >= 15 is 0 Å². The SMILES string of the molecule is OC(COc1ccc(Cl)cc1)Cn1c(C(F)(F)F)nc2ccccc21. The smallest absolute Gasteiger partial charge is 0.449 e. The highest BCUT2D eigenvalue weighted by molar-refractivity contribution is 6.30. The molecule has 1 unspecified atom stereocenters. The van der Waals surface area contributed by atoms with E-state index in [1.54, 1.807) is 36.4 Å². The first-order valence-electron chi connectivity index (χ1n) is 7.43. The first-order chi connectivity index (χ1) is 11.8. The molecule has 1 aromatic heterocycles. The Labute approximate surface area is 146 Å². The predicted molar refractivity (Wildman–Crippen MR) is 87.7 cm³/mol. The maximum absolute atomic E-state index is 13.2. The minimum absolute atomic E-state index is 0.161. The number of aromatic nitrogens is 2. The number of fused-ring (bicyclic) bond motifs is 1. The van der Waals surface area contributed by atoms with E-state index < -0.39 is 18.1 Å². The van der Waals surface area contributed by atoms with Gasteiger partial charge in [-0.05, 0) is 36.4 Å². The lowest BCUT2D eigenvalue weighted by molar-refractivity contribution is -0.147. The molecule has 0 bridgehead atoms. The fraction of sp³-hybridized carbons (Fsp3) is 0.235. The van der Waals surface area contributed by atoms with Crippen LogP contribution in [0.4, 0.5) is 13.2 Å². The largest absolute Gasteiger partial charge is 0.491 e. The lowest BCUT2D eigenvalue weighted by Crippen LogP contribution is -2.26. The van der Waals surface area contributed by atoms with Gasteiger partial charge in [-0.25, -0.2) is 4.98 Å². The predicted octanol–water partition coefficient (Wildman–Crippen LogP) is 4.15. The van der Waals surface area contributed by atoms with Crippen LogP contribution in [0.15, 0.2) is 48.5 Å². The van der Waals surface area contributed by atoms with Crippen molar-refractivity contribution in [1.82, 2.24) is 9.55 Å². The number of alkyl halides is 3. The third-order valence-electron chi connectivity index (χ3n) is 3.56. The Kier molecular flexibility index (Phi) is 4.87. The average Bonchev–Trinajstić information content (AvgIpc) is 2.93. The standard InChI is InChI=1S/C17H14ClF3N2O2/c18-11-5-7-13(8-6-11)25-10-12(24)9-23-15-4-2-1-3-14(15)22-16(23)17(19,20)21/h1-8,12,24H,9-10H2. The molecule has 8 heteroatoms. The van der Waals surface area contributed by atoms with Gasteiger partial charge in [0, 0.05) is 5.02 Å². The van der Waals surface area contributed by atoms with Crippen LogP contribution in [0.5, 0.6) is 5.75 Å². The molecule has 0 fully saturated rings. The summed E-state index contributed by atoms with van der Waals surface area (Å²) in [7, 11) is 0. The zero-order chi connectivity index (χ0) is 18.0. The van der Waals surface area contributed by atoms with E-state index in [1.807, 2.05) is 0 Å². The van der Waals surface area contributed by atoms with Crippen LogP contribution in [0, 0.1) is 0 Å². The van der Waals surface area contributed by atoms with Gasteiger partial charge in [0.1, 0.15) is 18.5 Å². The molecule has 0 aliphatic heterocycles. The Morgan fingerprint density at radius 2 is 1.80 bits per heavy atom. The van der Waals surface area contributed by atoms with Crippen molar-refractivity contribution >= 4 is 22.6 Å². The maximum Gasteiger partial charge on any atom is 0.449 e. The van der Waals surface area contributed by atoms with Gasteiger partial charge in [0.25, 0.3) is 0 Å². The molecule has 1 N–H and O–H groups in total. The van der Waals surface area contributed by atoms with E-state index in [1.165, 1.54) is 12.1 Å². The van der Waals surface area contributed by atoms with Crippen LogP contribution in [0.3, 0.4) is 0 Å². The van der Waals surface area contributed by atoms with Crippen molar-refractivity contribution in [2.45, 2.75) is 18.8 Å². The fourth-order valence-corrected chi connectivity index (χ4v) is 2.59. The number of hydrogen-bond acceptors (Lipinski definition) is 3. The molecule has 0 saturated carbocycles. The highest BCUT2D eigenvalue weighted by Crippen LogP contribution is 2.31. The number of ether oxygens (including phenoxy) is 1. The summed E-state index contributed by atoms with van der Waals surface area (Å²) >= 11 is 5.76. The van der Waals surface area contributed by atoms with Crippen LogP contribution in [-0.2, 0) is 12.7 Å². The van der Waals surface area contributed by atoms with Crippen LogP contribution in [0.1, 0.15) is 5.82 Å². The quantitative estimate of drug-likeness (QED) is 0.734. The van der Waals surface area contributed by atoms with Crippen molar-refractivity contribution in [1.29, 1.82) is 0 Å². The Bertz CT molecular complexity index is 862. The third kappa shape index (κ3) is 4.05. The normalized spacial score (nSPS) is 13.2. The second-order valence-electron chi connectivity index (χ2n) is 5.45. The Hall–Kier alpha value is -2.25. The molecule has 2 aromatic carbocycles. The first-order valence-corrected chi connectivity index (χ1v) is 7.81. The van der Waals surface area contributed by atoms with Gasteiger partial charge in [-0.1, -0.05) is 23.7 Å². The van der Waals surface area contributed by atoms with E-state index in [4.69, 9.17) is 16.3 Å². The molecule has 0 amide bonds. The lowest BCUT2D eigenvalue weighted by Gasteiger charge is -2.16. The number of aliphatic hydroxyl groups is 1. The molecule has 0 saturated heterocycles. The van der Waals surface area contributed by atoms with Gasteiger partial charge >= 0.3 is 6.18 Å². The monoisotopic (exact) mass is 370 g/mol.